The first-order valence-electron chi connectivity index (χ1n) is 4.85. The molecule has 0 bridgehead atoms. The van der Waals surface area contributed by atoms with Crippen LogP contribution in [0, 0.1) is 0 Å². The molecule has 92 valence electrons. The van der Waals surface area contributed by atoms with Crippen LogP contribution in [0.5, 0.6) is 0 Å². The van der Waals surface area contributed by atoms with Gasteiger partial charge in [0.2, 0.25) is 5.91 Å². The number of carbonyl (C=O) groups is 3. The number of rotatable bonds is 6. The van der Waals surface area contributed by atoms with Crippen LogP contribution in [0.25, 0.3) is 0 Å². The molecule has 0 unspecified atom stereocenters. The van der Waals surface area contributed by atoms with Crippen LogP contribution in [0.2, 0.25) is 0 Å². The number of carboxylic acid groups (broad SMARTS) is 1. The lowest BCUT2D eigenvalue weighted by molar-refractivity contribution is -0.139. The van der Waals surface area contributed by atoms with E-state index in [1.54, 1.807) is 0 Å². The molecule has 17 heavy (non-hydrogen) atoms. The second-order valence-electron chi connectivity index (χ2n) is 3.38. The number of hydrogen-bond donors (Lipinski definition) is 3. The van der Waals surface area contributed by atoms with Crippen molar-refractivity contribution in [3.8, 4) is 0 Å². The molecular weight excluding hydrogens is 228 g/mol. The third kappa shape index (κ3) is 3.98. The Morgan fingerprint density at radius 3 is 2.65 bits per heavy atom. The molecule has 1 aromatic heterocycles. The molecule has 1 heterocycles. The quantitative estimate of drug-likeness (QED) is 0.631. The van der Waals surface area contributed by atoms with Gasteiger partial charge in [0.25, 0.3) is 5.91 Å². The summed E-state index contributed by atoms with van der Waals surface area (Å²) in [5, 5.41) is 11.1. The zero-order chi connectivity index (χ0) is 12.8. The number of nitrogens with one attached hydrogen (secondary N) is 1. The van der Waals surface area contributed by atoms with Gasteiger partial charge in [-0.15, -0.1) is 0 Å². The number of nitrogens with two attached hydrogens (primary N) is 1. The number of furan rings is 1. The average molecular weight is 240 g/mol. The van der Waals surface area contributed by atoms with Gasteiger partial charge in [0.15, 0.2) is 0 Å². The van der Waals surface area contributed by atoms with Gasteiger partial charge >= 0.3 is 5.97 Å². The van der Waals surface area contributed by atoms with Crippen molar-refractivity contribution < 1.29 is 23.9 Å². The molecule has 0 saturated carbocycles. The lowest BCUT2D eigenvalue weighted by Crippen LogP contribution is -2.41. The van der Waals surface area contributed by atoms with Crippen LogP contribution in [-0.4, -0.2) is 28.9 Å². The minimum Gasteiger partial charge on any atom is -0.480 e. The molecule has 0 radical (unpaired) electrons. The topological polar surface area (TPSA) is 123 Å². The Bertz CT molecular complexity index is 412. The van der Waals surface area contributed by atoms with Crippen molar-refractivity contribution in [1.29, 1.82) is 0 Å². The Morgan fingerprint density at radius 2 is 2.18 bits per heavy atom. The molecule has 0 aliphatic heterocycles. The van der Waals surface area contributed by atoms with Crippen molar-refractivity contribution in [1.82, 2.24) is 5.32 Å². The molecule has 0 saturated heterocycles. The second kappa shape index (κ2) is 5.69. The van der Waals surface area contributed by atoms with E-state index in [2.05, 4.69) is 5.32 Å². The van der Waals surface area contributed by atoms with Crippen molar-refractivity contribution in [2.75, 3.05) is 0 Å². The lowest BCUT2D eigenvalue weighted by atomic mass is 10.1. The summed E-state index contributed by atoms with van der Waals surface area (Å²) in [4.78, 5) is 32.9. The first-order valence-corrected chi connectivity index (χ1v) is 4.85. The van der Waals surface area contributed by atoms with E-state index in [0.717, 1.165) is 0 Å². The van der Waals surface area contributed by atoms with Crippen LogP contribution in [0.4, 0.5) is 0 Å². The van der Waals surface area contributed by atoms with E-state index >= 15 is 0 Å². The van der Waals surface area contributed by atoms with E-state index in [1.807, 2.05) is 0 Å². The minimum absolute atomic E-state index is 0.0474. The van der Waals surface area contributed by atoms with Crippen LogP contribution in [0.3, 0.4) is 0 Å². The average Bonchev–Trinajstić information content (AvgIpc) is 2.76. The fourth-order valence-corrected chi connectivity index (χ4v) is 1.18. The van der Waals surface area contributed by atoms with Crippen molar-refractivity contribution >= 4 is 17.8 Å². The summed E-state index contributed by atoms with van der Waals surface area (Å²) in [6, 6.07) is 0.257. The normalized spacial score (nSPS) is 11.8. The Labute approximate surface area is 96.6 Å². The molecule has 0 aromatic carbocycles. The summed E-state index contributed by atoms with van der Waals surface area (Å²) in [7, 11) is 0. The molecule has 1 aromatic rings. The van der Waals surface area contributed by atoms with Gasteiger partial charge in [0.1, 0.15) is 12.3 Å². The van der Waals surface area contributed by atoms with Gasteiger partial charge in [-0.3, -0.25) is 9.59 Å². The Kier molecular flexibility index (Phi) is 4.27. The first kappa shape index (κ1) is 12.8. The fraction of sp³-hybridized carbons (Fsp3) is 0.300. The zero-order valence-electron chi connectivity index (χ0n) is 8.88. The molecule has 2 amide bonds. The highest BCUT2D eigenvalue weighted by atomic mass is 16.4. The molecular formula is C10H12N2O5. The van der Waals surface area contributed by atoms with Crippen LogP contribution in [0.15, 0.2) is 23.0 Å². The van der Waals surface area contributed by atoms with Gasteiger partial charge in [-0.05, 0) is 12.5 Å². The predicted molar refractivity (Wildman–Crippen MR) is 56.0 cm³/mol. The third-order valence-corrected chi connectivity index (χ3v) is 2.07. The Morgan fingerprint density at radius 1 is 1.47 bits per heavy atom. The van der Waals surface area contributed by atoms with Crippen LogP contribution < -0.4 is 11.1 Å². The van der Waals surface area contributed by atoms with Crippen LogP contribution in [0.1, 0.15) is 23.2 Å². The van der Waals surface area contributed by atoms with E-state index < -0.39 is 23.8 Å². The minimum atomic E-state index is -1.22. The monoisotopic (exact) mass is 240 g/mol. The SMILES string of the molecule is NC(=O)CC[C@H](NC(=O)c1ccoc1)C(=O)O. The number of aliphatic carboxylic acids is 1. The van der Waals surface area contributed by atoms with Gasteiger partial charge in [0, 0.05) is 6.42 Å². The van der Waals surface area contributed by atoms with Gasteiger partial charge in [0.05, 0.1) is 11.8 Å². The predicted octanol–water partition coefficient (Wildman–Crippen LogP) is -0.272. The first-order chi connectivity index (χ1) is 8.00. The van der Waals surface area contributed by atoms with Gasteiger partial charge < -0.3 is 20.6 Å². The van der Waals surface area contributed by atoms with E-state index in [9.17, 15) is 14.4 Å². The van der Waals surface area contributed by atoms with Crippen molar-refractivity contribution in [2.45, 2.75) is 18.9 Å². The Hall–Kier alpha value is -2.31. The standard InChI is InChI=1S/C10H12N2O5/c11-8(13)2-1-7(10(15)16)12-9(14)6-3-4-17-5-6/h3-5,7H,1-2H2,(H2,11,13)(H,12,14)(H,15,16)/t7-/m0/s1. The highest BCUT2D eigenvalue weighted by Crippen LogP contribution is 2.03. The maximum Gasteiger partial charge on any atom is 0.326 e. The molecule has 1 atom stereocenters. The zero-order valence-corrected chi connectivity index (χ0v) is 8.88. The van der Waals surface area contributed by atoms with Crippen molar-refractivity contribution in [3.63, 3.8) is 0 Å². The number of amides is 2. The molecule has 0 spiro atoms. The van der Waals surface area contributed by atoms with E-state index in [1.165, 1.54) is 18.6 Å². The molecule has 0 fully saturated rings. The van der Waals surface area contributed by atoms with Crippen molar-refractivity contribution in [2.24, 2.45) is 5.73 Å². The maximum atomic E-state index is 11.5. The fourth-order valence-electron chi connectivity index (χ4n) is 1.18. The number of carboxylic acids is 1. The molecule has 0 aliphatic rings. The summed E-state index contributed by atoms with van der Waals surface area (Å²) in [5.41, 5.74) is 5.12. The highest BCUT2D eigenvalue weighted by Gasteiger charge is 2.21. The molecule has 4 N–H and O–H groups in total. The summed E-state index contributed by atoms with van der Waals surface area (Å²) in [6.45, 7) is 0. The van der Waals surface area contributed by atoms with Gasteiger partial charge in [-0.25, -0.2) is 4.79 Å². The molecule has 7 nitrogen and oxygen atoms in total. The van der Waals surface area contributed by atoms with E-state index in [4.69, 9.17) is 15.3 Å². The summed E-state index contributed by atoms with van der Waals surface area (Å²) in [6.07, 6.45) is 2.34. The van der Waals surface area contributed by atoms with Crippen molar-refractivity contribution in [3.05, 3.63) is 24.2 Å². The van der Waals surface area contributed by atoms with Crippen LogP contribution in [-0.2, 0) is 9.59 Å². The molecule has 0 aliphatic carbocycles. The number of carbonyl (C=O) groups excluding carboxylic acids is 2. The molecule has 7 heteroatoms. The van der Waals surface area contributed by atoms with E-state index in [0.29, 0.717) is 0 Å². The second-order valence-corrected chi connectivity index (χ2v) is 3.38. The summed E-state index contributed by atoms with van der Waals surface area (Å²) < 4.78 is 4.69. The van der Waals surface area contributed by atoms with E-state index in [-0.39, 0.29) is 18.4 Å². The van der Waals surface area contributed by atoms with Gasteiger partial charge in [-0.2, -0.15) is 0 Å². The van der Waals surface area contributed by atoms with Crippen LogP contribution >= 0.6 is 0 Å². The summed E-state index contributed by atoms with van der Waals surface area (Å²) >= 11 is 0. The molecule has 1 rings (SSSR count). The highest BCUT2D eigenvalue weighted by molar-refractivity contribution is 5.96. The lowest BCUT2D eigenvalue weighted by Gasteiger charge is -2.12. The number of primary amides is 1. The number of hydrogen-bond acceptors (Lipinski definition) is 4. The smallest absolute Gasteiger partial charge is 0.326 e. The Balaban J connectivity index is 2.58. The van der Waals surface area contributed by atoms with Gasteiger partial charge in [-0.1, -0.05) is 0 Å². The largest absolute Gasteiger partial charge is 0.480 e. The maximum absolute atomic E-state index is 11.5. The third-order valence-electron chi connectivity index (χ3n) is 2.07. The summed E-state index contributed by atoms with van der Waals surface area (Å²) in [5.74, 6) is -2.41.